The number of hydrogen-bond acceptors (Lipinski definition) is 3. The second-order valence-corrected chi connectivity index (χ2v) is 4.36. The van der Waals surface area contributed by atoms with E-state index in [1.165, 1.54) is 0 Å². The maximum atomic E-state index is 12.5. The molecule has 4 heteroatoms. The molecule has 0 saturated carbocycles. The minimum absolute atomic E-state index is 0.0554. The van der Waals surface area contributed by atoms with Gasteiger partial charge >= 0.3 is 0 Å². The van der Waals surface area contributed by atoms with Crippen LogP contribution in [0.1, 0.15) is 10.4 Å². The molecule has 1 N–H and O–H groups in total. The minimum atomic E-state index is -0.0554. The van der Waals surface area contributed by atoms with Gasteiger partial charge in [-0.25, -0.2) is 0 Å². The molecule has 0 radical (unpaired) electrons. The highest BCUT2D eigenvalue weighted by Crippen LogP contribution is 2.22. The maximum Gasteiger partial charge on any atom is 0.260 e. The first kappa shape index (κ1) is 13.9. The van der Waals surface area contributed by atoms with Gasteiger partial charge in [0.25, 0.3) is 5.91 Å². The number of para-hydroxylation sites is 1. The van der Waals surface area contributed by atoms with Gasteiger partial charge in [-0.05, 0) is 36.4 Å². The van der Waals surface area contributed by atoms with Gasteiger partial charge in [0.2, 0.25) is 0 Å². The van der Waals surface area contributed by atoms with Crippen LogP contribution in [-0.4, -0.2) is 27.1 Å². The van der Waals surface area contributed by atoms with Gasteiger partial charge in [-0.1, -0.05) is 12.1 Å². The molecule has 104 valence electrons. The van der Waals surface area contributed by atoms with E-state index in [-0.39, 0.29) is 5.91 Å². The maximum absolute atomic E-state index is 12.5. The molecule has 0 fully saturated rings. The zero-order valence-electron chi connectivity index (χ0n) is 11.9. The molecule has 0 aromatic heterocycles. The standard InChI is InChI=1S/C16H18N2O2/c1-17-15-7-5-4-6-14(15)16(19)18(2)12-8-10-13(20-3)11-9-12/h4-11,17H,1-3H3. The number of nitrogens with one attached hydrogen (secondary N) is 1. The Morgan fingerprint density at radius 1 is 1.10 bits per heavy atom. The highest BCUT2D eigenvalue weighted by molar-refractivity contribution is 6.09. The molecule has 0 atom stereocenters. The quantitative estimate of drug-likeness (QED) is 0.928. The number of anilines is 2. The lowest BCUT2D eigenvalue weighted by atomic mass is 10.1. The Morgan fingerprint density at radius 2 is 1.75 bits per heavy atom. The molecule has 0 heterocycles. The fraction of sp³-hybridized carbons (Fsp3) is 0.188. The summed E-state index contributed by atoms with van der Waals surface area (Å²) in [6.45, 7) is 0. The third kappa shape index (κ3) is 2.74. The van der Waals surface area contributed by atoms with Crippen molar-refractivity contribution in [2.45, 2.75) is 0 Å². The van der Waals surface area contributed by atoms with Gasteiger partial charge in [0, 0.05) is 25.5 Å². The lowest BCUT2D eigenvalue weighted by Gasteiger charge is -2.19. The van der Waals surface area contributed by atoms with E-state index in [1.54, 1.807) is 26.1 Å². The minimum Gasteiger partial charge on any atom is -0.497 e. The van der Waals surface area contributed by atoms with Crippen LogP contribution in [0.5, 0.6) is 5.75 Å². The summed E-state index contributed by atoms with van der Waals surface area (Å²) in [6, 6.07) is 14.8. The summed E-state index contributed by atoms with van der Waals surface area (Å²) in [5, 5.41) is 3.03. The number of rotatable bonds is 4. The number of ether oxygens (including phenoxy) is 1. The Morgan fingerprint density at radius 3 is 2.35 bits per heavy atom. The van der Waals surface area contributed by atoms with E-state index in [0.29, 0.717) is 5.56 Å². The van der Waals surface area contributed by atoms with E-state index in [0.717, 1.165) is 17.1 Å². The fourth-order valence-electron chi connectivity index (χ4n) is 1.99. The Bertz CT molecular complexity index is 594. The molecule has 2 aromatic rings. The van der Waals surface area contributed by atoms with Gasteiger partial charge in [0.15, 0.2) is 0 Å². The Kier molecular flexibility index (Phi) is 4.25. The van der Waals surface area contributed by atoms with Crippen LogP contribution in [0.4, 0.5) is 11.4 Å². The zero-order valence-corrected chi connectivity index (χ0v) is 11.9. The Hall–Kier alpha value is -2.49. The lowest BCUT2D eigenvalue weighted by Crippen LogP contribution is -2.26. The number of hydrogen-bond donors (Lipinski definition) is 1. The predicted molar refractivity (Wildman–Crippen MR) is 81.7 cm³/mol. The topological polar surface area (TPSA) is 41.6 Å². The first-order chi connectivity index (χ1) is 9.67. The van der Waals surface area contributed by atoms with Crippen molar-refractivity contribution in [3.63, 3.8) is 0 Å². The van der Waals surface area contributed by atoms with E-state index in [2.05, 4.69) is 5.32 Å². The van der Waals surface area contributed by atoms with Crippen LogP contribution in [0.3, 0.4) is 0 Å². The third-order valence-corrected chi connectivity index (χ3v) is 3.19. The number of nitrogens with zero attached hydrogens (tertiary/aromatic N) is 1. The van der Waals surface area contributed by atoms with E-state index >= 15 is 0 Å². The molecule has 2 aromatic carbocycles. The van der Waals surface area contributed by atoms with Crippen LogP contribution < -0.4 is 15.0 Å². The largest absolute Gasteiger partial charge is 0.497 e. The Balaban J connectivity index is 2.27. The van der Waals surface area contributed by atoms with Crippen LogP contribution >= 0.6 is 0 Å². The van der Waals surface area contributed by atoms with Crippen LogP contribution in [-0.2, 0) is 0 Å². The van der Waals surface area contributed by atoms with Crippen molar-refractivity contribution in [2.24, 2.45) is 0 Å². The zero-order chi connectivity index (χ0) is 14.5. The van der Waals surface area contributed by atoms with Crippen LogP contribution in [0, 0.1) is 0 Å². The van der Waals surface area contributed by atoms with Crippen molar-refractivity contribution in [3.05, 3.63) is 54.1 Å². The number of carbonyl (C=O) groups excluding carboxylic acids is 1. The first-order valence-corrected chi connectivity index (χ1v) is 6.36. The summed E-state index contributed by atoms with van der Waals surface area (Å²) in [6.07, 6.45) is 0. The molecule has 4 nitrogen and oxygen atoms in total. The van der Waals surface area contributed by atoms with Crippen molar-refractivity contribution in [1.82, 2.24) is 0 Å². The smallest absolute Gasteiger partial charge is 0.260 e. The number of amides is 1. The van der Waals surface area contributed by atoms with Gasteiger partial charge in [-0.15, -0.1) is 0 Å². The summed E-state index contributed by atoms with van der Waals surface area (Å²) < 4.78 is 5.12. The fourth-order valence-corrected chi connectivity index (χ4v) is 1.99. The molecule has 0 bridgehead atoms. The number of benzene rings is 2. The summed E-state index contributed by atoms with van der Waals surface area (Å²) in [5.74, 6) is 0.713. The normalized spacial score (nSPS) is 9.95. The highest BCUT2D eigenvalue weighted by Gasteiger charge is 2.16. The number of carbonyl (C=O) groups is 1. The molecule has 0 aliphatic carbocycles. The van der Waals surface area contributed by atoms with Gasteiger partial charge in [-0.2, -0.15) is 0 Å². The van der Waals surface area contributed by atoms with Crippen molar-refractivity contribution in [1.29, 1.82) is 0 Å². The van der Waals surface area contributed by atoms with E-state index < -0.39 is 0 Å². The van der Waals surface area contributed by atoms with Gasteiger partial charge in [0.05, 0.1) is 12.7 Å². The SMILES string of the molecule is CNc1ccccc1C(=O)N(C)c1ccc(OC)cc1. The first-order valence-electron chi connectivity index (χ1n) is 6.36. The second kappa shape index (κ2) is 6.10. The van der Waals surface area contributed by atoms with E-state index in [9.17, 15) is 4.79 Å². The van der Waals surface area contributed by atoms with E-state index in [4.69, 9.17) is 4.74 Å². The van der Waals surface area contributed by atoms with Crippen molar-refractivity contribution >= 4 is 17.3 Å². The van der Waals surface area contributed by atoms with Gasteiger partial charge < -0.3 is 15.0 Å². The second-order valence-electron chi connectivity index (χ2n) is 4.36. The summed E-state index contributed by atoms with van der Waals surface area (Å²) in [7, 11) is 5.18. The van der Waals surface area contributed by atoms with Crippen LogP contribution in [0.15, 0.2) is 48.5 Å². The molecule has 0 unspecified atom stereocenters. The summed E-state index contributed by atoms with van der Waals surface area (Å²) >= 11 is 0. The molecular formula is C16H18N2O2. The summed E-state index contributed by atoms with van der Waals surface area (Å²) in [4.78, 5) is 14.2. The average Bonchev–Trinajstić information content (AvgIpc) is 2.53. The molecule has 0 saturated heterocycles. The molecule has 1 amide bonds. The molecule has 2 rings (SSSR count). The Labute approximate surface area is 119 Å². The lowest BCUT2D eigenvalue weighted by molar-refractivity contribution is 0.0994. The average molecular weight is 270 g/mol. The molecular weight excluding hydrogens is 252 g/mol. The van der Waals surface area contributed by atoms with Crippen molar-refractivity contribution in [2.75, 3.05) is 31.4 Å². The third-order valence-electron chi connectivity index (χ3n) is 3.19. The van der Waals surface area contributed by atoms with Crippen LogP contribution in [0.25, 0.3) is 0 Å². The molecule has 0 aliphatic heterocycles. The number of methoxy groups -OCH3 is 1. The highest BCUT2D eigenvalue weighted by atomic mass is 16.5. The van der Waals surface area contributed by atoms with Crippen molar-refractivity contribution < 1.29 is 9.53 Å². The van der Waals surface area contributed by atoms with Gasteiger partial charge in [-0.3, -0.25) is 4.79 Å². The van der Waals surface area contributed by atoms with Crippen LogP contribution in [0.2, 0.25) is 0 Å². The van der Waals surface area contributed by atoms with Gasteiger partial charge in [0.1, 0.15) is 5.75 Å². The van der Waals surface area contributed by atoms with Crippen molar-refractivity contribution in [3.8, 4) is 5.75 Å². The van der Waals surface area contributed by atoms with E-state index in [1.807, 2.05) is 48.5 Å². The molecule has 0 spiro atoms. The monoisotopic (exact) mass is 270 g/mol. The molecule has 0 aliphatic rings. The summed E-state index contributed by atoms with van der Waals surface area (Å²) in [5.41, 5.74) is 2.29. The molecule has 20 heavy (non-hydrogen) atoms. The predicted octanol–water partition coefficient (Wildman–Crippen LogP) is 3.01.